The summed E-state index contributed by atoms with van der Waals surface area (Å²) in [6.45, 7) is 6.13. The molecule has 3 N–H and O–H groups in total. The SMILES string of the molecule is CCCC(C)(C)NC(=O)c1ccc(N)c(OC)c1. The van der Waals surface area contributed by atoms with E-state index < -0.39 is 0 Å². The number of methoxy groups -OCH3 is 1. The predicted octanol–water partition coefficient (Wildman–Crippen LogP) is 2.59. The van der Waals surface area contributed by atoms with Gasteiger partial charge in [-0.2, -0.15) is 0 Å². The van der Waals surface area contributed by atoms with Gasteiger partial charge in [0.2, 0.25) is 0 Å². The fourth-order valence-corrected chi connectivity index (χ4v) is 1.92. The van der Waals surface area contributed by atoms with Crippen LogP contribution in [0.15, 0.2) is 18.2 Å². The van der Waals surface area contributed by atoms with Crippen molar-refractivity contribution in [1.29, 1.82) is 0 Å². The molecule has 0 fully saturated rings. The van der Waals surface area contributed by atoms with Crippen LogP contribution in [0.5, 0.6) is 5.75 Å². The van der Waals surface area contributed by atoms with E-state index in [9.17, 15) is 4.79 Å². The third-order valence-corrected chi connectivity index (χ3v) is 2.82. The van der Waals surface area contributed by atoms with Crippen LogP contribution in [0.4, 0.5) is 5.69 Å². The Hall–Kier alpha value is -1.71. The Morgan fingerprint density at radius 3 is 2.67 bits per heavy atom. The molecule has 0 aliphatic rings. The number of nitrogens with two attached hydrogens (primary N) is 1. The number of hydrogen-bond donors (Lipinski definition) is 2. The summed E-state index contributed by atoms with van der Waals surface area (Å²) in [7, 11) is 1.54. The lowest BCUT2D eigenvalue weighted by atomic mass is 9.98. The van der Waals surface area contributed by atoms with Crippen LogP contribution < -0.4 is 15.8 Å². The van der Waals surface area contributed by atoms with Gasteiger partial charge in [0.1, 0.15) is 5.75 Å². The van der Waals surface area contributed by atoms with Crippen molar-refractivity contribution >= 4 is 11.6 Å². The van der Waals surface area contributed by atoms with Gasteiger partial charge in [0, 0.05) is 11.1 Å². The van der Waals surface area contributed by atoms with Gasteiger partial charge in [0.05, 0.1) is 12.8 Å². The van der Waals surface area contributed by atoms with E-state index in [0.717, 1.165) is 12.8 Å². The maximum atomic E-state index is 12.1. The molecule has 0 aliphatic heterocycles. The molecule has 1 aromatic rings. The lowest BCUT2D eigenvalue weighted by molar-refractivity contribution is 0.0908. The molecule has 4 nitrogen and oxygen atoms in total. The van der Waals surface area contributed by atoms with Crippen molar-refractivity contribution in [3.05, 3.63) is 23.8 Å². The summed E-state index contributed by atoms with van der Waals surface area (Å²) in [4.78, 5) is 12.1. The third kappa shape index (κ3) is 3.65. The van der Waals surface area contributed by atoms with Gasteiger partial charge in [-0.25, -0.2) is 0 Å². The molecular weight excluding hydrogens is 228 g/mol. The van der Waals surface area contributed by atoms with Gasteiger partial charge in [0.25, 0.3) is 5.91 Å². The lowest BCUT2D eigenvalue weighted by Gasteiger charge is -2.25. The number of nitrogens with one attached hydrogen (secondary N) is 1. The minimum absolute atomic E-state index is 0.105. The molecule has 0 aliphatic carbocycles. The molecule has 1 amide bonds. The van der Waals surface area contributed by atoms with Crippen molar-refractivity contribution in [2.24, 2.45) is 0 Å². The Labute approximate surface area is 109 Å². The first kappa shape index (κ1) is 14.4. The molecule has 1 aromatic carbocycles. The molecule has 0 heterocycles. The molecule has 0 saturated heterocycles. The molecule has 1 rings (SSSR count). The van der Waals surface area contributed by atoms with Gasteiger partial charge in [-0.3, -0.25) is 4.79 Å². The zero-order chi connectivity index (χ0) is 13.8. The number of benzene rings is 1. The van der Waals surface area contributed by atoms with E-state index in [0.29, 0.717) is 17.0 Å². The first-order valence-electron chi connectivity index (χ1n) is 6.15. The number of anilines is 1. The quantitative estimate of drug-likeness (QED) is 0.789. The summed E-state index contributed by atoms with van der Waals surface area (Å²) in [5, 5.41) is 3.01. The topological polar surface area (TPSA) is 64.4 Å². The number of carbonyl (C=O) groups excluding carboxylic acids is 1. The second-order valence-corrected chi connectivity index (χ2v) is 5.04. The van der Waals surface area contributed by atoms with Gasteiger partial charge in [-0.1, -0.05) is 13.3 Å². The van der Waals surface area contributed by atoms with E-state index in [4.69, 9.17) is 10.5 Å². The normalized spacial score (nSPS) is 11.1. The van der Waals surface area contributed by atoms with Gasteiger partial charge < -0.3 is 15.8 Å². The van der Waals surface area contributed by atoms with E-state index in [1.54, 1.807) is 18.2 Å². The second-order valence-electron chi connectivity index (χ2n) is 5.04. The number of ether oxygens (including phenoxy) is 1. The zero-order valence-electron chi connectivity index (χ0n) is 11.5. The monoisotopic (exact) mass is 250 g/mol. The minimum atomic E-state index is -0.208. The predicted molar refractivity (Wildman–Crippen MR) is 73.9 cm³/mol. The Morgan fingerprint density at radius 2 is 2.11 bits per heavy atom. The van der Waals surface area contributed by atoms with Crippen molar-refractivity contribution < 1.29 is 9.53 Å². The van der Waals surface area contributed by atoms with Crippen molar-refractivity contribution in [3.8, 4) is 5.75 Å². The molecule has 4 heteroatoms. The second kappa shape index (κ2) is 5.76. The van der Waals surface area contributed by atoms with Crippen LogP contribution >= 0.6 is 0 Å². The molecule has 0 unspecified atom stereocenters. The highest BCUT2D eigenvalue weighted by molar-refractivity contribution is 5.95. The third-order valence-electron chi connectivity index (χ3n) is 2.82. The summed E-state index contributed by atoms with van der Waals surface area (Å²) < 4.78 is 5.11. The highest BCUT2D eigenvalue weighted by Crippen LogP contribution is 2.22. The minimum Gasteiger partial charge on any atom is -0.495 e. The van der Waals surface area contributed by atoms with Crippen LogP contribution in [0.1, 0.15) is 44.0 Å². The Morgan fingerprint density at radius 1 is 1.44 bits per heavy atom. The van der Waals surface area contributed by atoms with Crippen LogP contribution in [0, 0.1) is 0 Å². The summed E-state index contributed by atoms with van der Waals surface area (Å²) in [5.74, 6) is 0.419. The molecule has 0 bridgehead atoms. The summed E-state index contributed by atoms with van der Waals surface area (Å²) in [6, 6.07) is 5.04. The van der Waals surface area contributed by atoms with Gasteiger partial charge >= 0.3 is 0 Å². The van der Waals surface area contributed by atoms with E-state index in [-0.39, 0.29) is 11.4 Å². The van der Waals surface area contributed by atoms with Crippen molar-refractivity contribution in [3.63, 3.8) is 0 Å². The van der Waals surface area contributed by atoms with Gasteiger partial charge in [-0.15, -0.1) is 0 Å². The fraction of sp³-hybridized carbons (Fsp3) is 0.500. The van der Waals surface area contributed by atoms with Crippen molar-refractivity contribution in [2.75, 3.05) is 12.8 Å². The highest BCUT2D eigenvalue weighted by atomic mass is 16.5. The first-order chi connectivity index (χ1) is 8.39. The van der Waals surface area contributed by atoms with E-state index >= 15 is 0 Å². The molecule has 0 spiro atoms. The molecule has 0 atom stereocenters. The summed E-state index contributed by atoms with van der Waals surface area (Å²) >= 11 is 0. The highest BCUT2D eigenvalue weighted by Gasteiger charge is 2.20. The van der Waals surface area contributed by atoms with Crippen LogP contribution in [-0.4, -0.2) is 18.6 Å². The maximum absolute atomic E-state index is 12.1. The molecule has 0 aromatic heterocycles. The number of carbonyl (C=O) groups is 1. The maximum Gasteiger partial charge on any atom is 0.251 e. The van der Waals surface area contributed by atoms with Crippen molar-refractivity contribution in [2.45, 2.75) is 39.2 Å². The van der Waals surface area contributed by atoms with E-state index in [2.05, 4.69) is 12.2 Å². The molecule has 0 saturated carbocycles. The lowest BCUT2D eigenvalue weighted by Crippen LogP contribution is -2.43. The average molecular weight is 250 g/mol. The van der Waals surface area contributed by atoms with Gasteiger partial charge in [-0.05, 0) is 38.5 Å². The largest absolute Gasteiger partial charge is 0.495 e. The van der Waals surface area contributed by atoms with E-state index in [1.807, 2.05) is 13.8 Å². The fourth-order valence-electron chi connectivity index (χ4n) is 1.92. The smallest absolute Gasteiger partial charge is 0.251 e. The summed E-state index contributed by atoms with van der Waals surface area (Å²) in [6.07, 6.45) is 1.96. The number of nitrogen functional groups attached to an aromatic ring is 1. The van der Waals surface area contributed by atoms with E-state index in [1.165, 1.54) is 7.11 Å². The Kier molecular flexibility index (Phi) is 4.59. The van der Waals surface area contributed by atoms with Crippen LogP contribution in [0.3, 0.4) is 0 Å². The first-order valence-corrected chi connectivity index (χ1v) is 6.15. The number of rotatable bonds is 5. The molecule has 100 valence electrons. The number of amides is 1. The van der Waals surface area contributed by atoms with Crippen LogP contribution in [0.25, 0.3) is 0 Å². The van der Waals surface area contributed by atoms with Crippen LogP contribution in [0.2, 0.25) is 0 Å². The molecule has 18 heavy (non-hydrogen) atoms. The number of hydrogen-bond acceptors (Lipinski definition) is 3. The summed E-state index contributed by atoms with van der Waals surface area (Å²) in [5.41, 5.74) is 6.60. The van der Waals surface area contributed by atoms with Crippen LogP contribution in [-0.2, 0) is 0 Å². The van der Waals surface area contributed by atoms with Crippen molar-refractivity contribution in [1.82, 2.24) is 5.32 Å². The standard InChI is InChI=1S/C14H22N2O2/c1-5-8-14(2,3)16-13(17)10-6-7-11(15)12(9-10)18-4/h6-7,9H,5,8,15H2,1-4H3,(H,16,17). The Balaban J connectivity index is 2.85. The zero-order valence-corrected chi connectivity index (χ0v) is 11.5. The van der Waals surface area contributed by atoms with Gasteiger partial charge in [0.15, 0.2) is 0 Å². The molecular formula is C14H22N2O2. The Bertz CT molecular complexity index is 428. The molecule has 0 radical (unpaired) electrons. The average Bonchev–Trinajstić information content (AvgIpc) is 2.28.